The predicted octanol–water partition coefficient (Wildman–Crippen LogP) is -0.534. The maximum absolute atomic E-state index is 12.0. The fraction of sp³-hybridized carbons (Fsp3) is 0.786. The summed E-state index contributed by atoms with van der Waals surface area (Å²) in [5, 5.41) is 2.67. The van der Waals surface area contributed by atoms with E-state index in [9.17, 15) is 14.4 Å². The van der Waals surface area contributed by atoms with E-state index < -0.39 is 0 Å². The highest BCUT2D eigenvalue weighted by molar-refractivity contribution is 5.89. The van der Waals surface area contributed by atoms with E-state index in [1.165, 1.54) is 4.90 Å². The molecular formula is C14H25N3O4. The minimum absolute atomic E-state index is 0.00236. The predicted molar refractivity (Wildman–Crippen MR) is 77.5 cm³/mol. The van der Waals surface area contributed by atoms with Crippen molar-refractivity contribution in [1.29, 1.82) is 0 Å². The van der Waals surface area contributed by atoms with Crippen LogP contribution in [0, 0.1) is 5.92 Å². The Morgan fingerprint density at radius 1 is 1.33 bits per heavy atom. The largest absolute Gasteiger partial charge is 0.383 e. The van der Waals surface area contributed by atoms with Gasteiger partial charge in [-0.3, -0.25) is 14.4 Å². The lowest BCUT2D eigenvalue weighted by atomic mass is 10.1. The zero-order chi connectivity index (χ0) is 15.8. The number of piperazine rings is 1. The van der Waals surface area contributed by atoms with Gasteiger partial charge in [-0.25, -0.2) is 0 Å². The van der Waals surface area contributed by atoms with Crippen molar-refractivity contribution >= 4 is 17.7 Å². The molecule has 7 heteroatoms. The van der Waals surface area contributed by atoms with Crippen LogP contribution in [0.3, 0.4) is 0 Å². The van der Waals surface area contributed by atoms with Crippen LogP contribution >= 0.6 is 0 Å². The average Bonchev–Trinajstić information content (AvgIpc) is 2.40. The molecule has 0 saturated carbocycles. The van der Waals surface area contributed by atoms with Crippen molar-refractivity contribution in [2.24, 2.45) is 5.92 Å². The Kier molecular flexibility index (Phi) is 7.14. The Labute approximate surface area is 125 Å². The molecule has 1 rings (SSSR count). The van der Waals surface area contributed by atoms with Crippen molar-refractivity contribution in [2.45, 2.75) is 20.3 Å². The molecule has 7 nitrogen and oxygen atoms in total. The summed E-state index contributed by atoms with van der Waals surface area (Å²) in [6.45, 7) is 5.81. The summed E-state index contributed by atoms with van der Waals surface area (Å²) < 4.78 is 4.84. The summed E-state index contributed by atoms with van der Waals surface area (Å²) in [5.41, 5.74) is 0. The summed E-state index contributed by atoms with van der Waals surface area (Å²) in [5.74, 6) is -0.109. The monoisotopic (exact) mass is 299 g/mol. The Bertz CT molecular complexity index is 384. The third-order valence-corrected chi connectivity index (χ3v) is 3.22. The van der Waals surface area contributed by atoms with E-state index in [1.54, 1.807) is 12.0 Å². The Balaban J connectivity index is 2.37. The summed E-state index contributed by atoms with van der Waals surface area (Å²) in [7, 11) is 1.56. The lowest BCUT2D eigenvalue weighted by Gasteiger charge is -2.34. The van der Waals surface area contributed by atoms with Crippen LogP contribution in [0.1, 0.15) is 20.3 Å². The van der Waals surface area contributed by atoms with Crippen molar-refractivity contribution in [1.82, 2.24) is 15.1 Å². The van der Waals surface area contributed by atoms with Crippen LogP contribution in [0.15, 0.2) is 0 Å². The molecule has 0 aromatic rings. The van der Waals surface area contributed by atoms with Crippen molar-refractivity contribution < 1.29 is 19.1 Å². The van der Waals surface area contributed by atoms with Gasteiger partial charge in [0.25, 0.3) is 0 Å². The topological polar surface area (TPSA) is 79.0 Å². The van der Waals surface area contributed by atoms with Gasteiger partial charge >= 0.3 is 0 Å². The lowest BCUT2D eigenvalue weighted by molar-refractivity contribution is -0.147. The van der Waals surface area contributed by atoms with Crippen LogP contribution in [0.2, 0.25) is 0 Å². The molecule has 0 unspecified atom stereocenters. The van der Waals surface area contributed by atoms with Gasteiger partial charge in [-0.05, 0) is 5.92 Å². The quantitative estimate of drug-likeness (QED) is 0.641. The number of hydrogen-bond donors (Lipinski definition) is 1. The Morgan fingerprint density at radius 2 is 2.05 bits per heavy atom. The van der Waals surface area contributed by atoms with Gasteiger partial charge in [-0.15, -0.1) is 0 Å². The van der Waals surface area contributed by atoms with Gasteiger partial charge in [0.1, 0.15) is 0 Å². The molecule has 0 spiro atoms. The van der Waals surface area contributed by atoms with Crippen molar-refractivity contribution in [3.8, 4) is 0 Å². The zero-order valence-corrected chi connectivity index (χ0v) is 13.1. The molecule has 1 fully saturated rings. The van der Waals surface area contributed by atoms with Crippen molar-refractivity contribution in [3.05, 3.63) is 0 Å². The maximum Gasteiger partial charge on any atom is 0.242 e. The van der Waals surface area contributed by atoms with Crippen LogP contribution in [0.25, 0.3) is 0 Å². The molecule has 3 amide bonds. The molecule has 1 aliphatic heterocycles. The fourth-order valence-electron chi connectivity index (χ4n) is 2.09. The van der Waals surface area contributed by atoms with Crippen molar-refractivity contribution in [2.75, 3.05) is 46.4 Å². The minimum Gasteiger partial charge on any atom is -0.383 e. The van der Waals surface area contributed by atoms with Crippen LogP contribution < -0.4 is 5.32 Å². The third-order valence-electron chi connectivity index (χ3n) is 3.22. The molecule has 21 heavy (non-hydrogen) atoms. The second-order valence-corrected chi connectivity index (χ2v) is 5.57. The van der Waals surface area contributed by atoms with E-state index in [-0.39, 0.29) is 36.7 Å². The van der Waals surface area contributed by atoms with Gasteiger partial charge < -0.3 is 19.9 Å². The van der Waals surface area contributed by atoms with Gasteiger partial charge in [0.05, 0.1) is 19.7 Å². The molecule has 0 aromatic carbocycles. The standard InChI is InChI=1S/C14H25N3O4/c1-11(2)8-13(19)17-6-5-16(14(20)10-17)9-12(18)15-4-7-21-3/h11H,4-10H2,1-3H3,(H,15,18). The second-order valence-electron chi connectivity index (χ2n) is 5.57. The first-order valence-corrected chi connectivity index (χ1v) is 7.25. The summed E-state index contributed by atoms with van der Waals surface area (Å²) >= 11 is 0. The molecule has 1 N–H and O–H groups in total. The number of ether oxygens (including phenoxy) is 1. The van der Waals surface area contributed by atoms with E-state index in [0.29, 0.717) is 32.7 Å². The SMILES string of the molecule is COCCNC(=O)CN1CCN(C(=O)CC(C)C)CC1=O. The molecule has 0 aromatic heterocycles. The number of hydrogen-bond acceptors (Lipinski definition) is 4. The van der Waals surface area contributed by atoms with E-state index >= 15 is 0 Å². The first-order chi connectivity index (χ1) is 9.93. The molecule has 0 aliphatic carbocycles. The second kappa shape index (κ2) is 8.61. The highest BCUT2D eigenvalue weighted by Gasteiger charge is 2.28. The molecule has 1 aliphatic rings. The van der Waals surface area contributed by atoms with Crippen molar-refractivity contribution in [3.63, 3.8) is 0 Å². The number of nitrogens with zero attached hydrogens (tertiary/aromatic N) is 2. The molecule has 0 radical (unpaired) electrons. The minimum atomic E-state index is -0.206. The first kappa shape index (κ1) is 17.4. The van der Waals surface area contributed by atoms with E-state index in [0.717, 1.165) is 0 Å². The highest BCUT2D eigenvalue weighted by Crippen LogP contribution is 2.08. The van der Waals surface area contributed by atoms with Gasteiger partial charge in [-0.1, -0.05) is 13.8 Å². The van der Waals surface area contributed by atoms with Crippen LogP contribution in [-0.4, -0.2) is 74.0 Å². The lowest BCUT2D eigenvalue weighted by Crippen LogP contribution is -2.54. The Hall–Kier alpha value is -1.63. The molecule has 0 atom stereocenters. The normalized spacial score (nSPS) is 15.5. The number of rotatable bonds is 7. The summed E-state index contributed by atoms with van der Waals surface area (Å²) in [4.78, 5) is 38.6. The van der Waals surface area contributed by atoms with E-state index in [4.69, 9.17) is 4.74 Å². The number of amides is 3. The molecule has 1 heterocycles. The number of methoxy groups -OCH3 is 1. The van der Waals surface area contributed by atoms with Gasteiger partial charge in [0, 0.05) is 33.2 Å². The van der Waals surface area contributed by atoms with E-state index in [2.05, 4.69) is 5.32 Å². The zero-order valence-electron chi connectivity index (χ0n) is 13.1. The molecular weight excluding hydrogens is 274 g/mol. The smallest absolute Gasteiger partial charge is 0.242 e. The average molecular weight is 299 g/mol. The number of carbonyl (C=O) groups is 3. The van der Waals surface area contributed by atoms with Gasteiger partial charge in [0.15, 0.2) is 0 Å². The first-order valence-electron chi connectivity index (χ1n) is 7.25. The molecule has 120 valence electrons. The highest BCUT2D eigenvalue weighted by atomic mass is 16.5. The van der Waals surface area contributed by atoms with Crippen LogP contribution in [-0.2, 0) is 19.1 Å². The van der Waals surface area contributed by atoms with Crippen LogP contribution in [0.5, 0.6) is 0 Å². The Morgan fingerprint density at radius 3 is 2.62 bits per heavy atom. The molecule has 1 saturated heterocycles. The summed E-state index contributed by atoms with van der Waals surface area (Å²) in [6.07, 6.45) is 0.449. The third kappa shape index (κ3) is 6.12. The fourth-order valence-corrected chi connectivity index (χ4v) is 2.09. The molecule has 0 bridgehead atoms. The number of carbonyl (C=O) groups excluding carboxylic acids is 3. The maximum atomic E-state index is 12.0. The number of nitrogens with one attached hydrogen (secondary N) is 1. The van der Waals surface area contributed by atoms with Crippen LogP contribution in [0.4, 0.5) is 0 Å². The van der Waals surface area contributed by atoms with Gasteiger partial charge in [0.2, 0.25) is 17.7 Å². The van der Waals surface area contributed by atoms with Gasteiger partial charge in [-0.2, -0.15) is 0 Å². The summed E-state index contributed by atoms with van der Waals surface area (Å²) in [6, 6.07) is 0. The van der Waals surface area contributed by atoms with E-state index in [1.807, 2.05) is 13.8 Å².